The second-order valence-electron chi connectivity index (χ2n) is 6.41. The summed E-state index contributed by atoms with van der Waals surface area (Å²) in [7, 11) is 1.54. The molecule has 0 saturated heterocycles. The lowest BCUT2D eigenvalue weighted by Crippen LogP contribution is -2.49. The van der Waals surface area contributed by atoms with Gasteiger partial charge in [-0.3, -0.25) is 4.79 Å². The van der Waals surface area contributed by atoms with E-state index in [9.17, 15) is 19.5 Å². The minimum atomic E-state index is -1.82. The van der Waals surface area contributed by atoms with Crippen LogP contribution >= 0.6 is 0 Å². The monoisotopic (exact) mass is 416 g/mol. The Balaban J connectivity index is 1.95. The zero-order chi connectivity index (χ0) is 21.9. The molecule has 4 N–H and O–H groups in total. The summed E-state index contributed by atoms with van der Waals surface area (Å²) in [6.45, 7) is 0.123. The van der Waals surface area contributed by atoms with Gasteiger partial charge in [0.15, 0.2) is 6.10 Å². The van der Waals surface area contributed by atoms with Crippen molar-refractivity contribution >= 4 is 18.0 Å². The van der Waals surface area contributed by atoms with Gasteiger partial charge in [0.1, 0.15) is 18.4 Å². The van der Waals surface area contributed by atoms with Crippen LogP contribution in [-0.4, -0.2) is 47.4 Å². The van der Waals surface area contributed by atoms with Crippen molar-refractivity contribution in [2.24, 2.45) is 0 Å². The van der Waals surface area contributed by atoms with E-state index in [1.807, 2.05) is 6.07 Å². The van der Waals surface area contributed by atoms with Crippen molar-refractivity contribution in [1.82, 2.24) is 10.6 Å². The molecule has 0 radical (unpaired) electrons. The van der Waals surface area contributed by atoms with Crippen molar-refractivity contribution in [3.05, 3.63) is 65.7 Å². The molecule has 9 heteroatoms. The molecule has 0 spiro atoms. The highest BCUT2D eigenvalue weighted by atomic mass is 16.5. The van der Waals surface area contributed by atoms with Gasteiger partial charge in [-0.2, -0.15) is 0 Å². The molecule has 0 saturated carbocycles. The van der Waals surface area contributed by atoms with Gasteiger partial charge in [0.2, 0.25) is 5.91 Å². The van der Waals surface area contributed by atoms with Crippen molar-refractivity contribution in [2.45, 2.75) is 31.7 Å². The van der Waals surface area contributed by atoms with Gasteiger partial charge in [-0.1, -0.05) is 42.5 Å². The molecule has 2 aromatic carbocycles. The van der Waals surface area contributed by atoms with Crippen LogP contribution in [0.25, 0.3) is 0 Å². The first-order valence-corrected chi connectivity index (χ1v) is 9.17. The number of alkyl carbamates (subject to hydrolysis) is 1. The third-order valence-electron chi connectivity index (χ3n) is 4.19. The SMILES string of the molecule is COc1ccc(CNC(=O)C(CC(O)C(=O)O)NC(=O)OCc2ccccc2)cc1. The standard InChI is InChI=1S/C21H24N2O7/c1-29-16-9-7-14(8-10-16)12-22-19(25)17(11-18(24)20(26)27)23-21(28)30-13-15-5-3-2-4-6-15/h2-10,17-18,24H,11-13H2,1H3,(H,22,25)(H,23,28)(H,26,27). The first-order valence-electron chi connectivity index (χ1n) is 9.17. The number of benzene rings is 2. The van der Waals surface area contributed by atoms with Gasteiger partial charge in [0, 0.05) is 13.0 Å². The number of rotatable bonds is 10. The predicted molar refractivity (Wildman–Crippen MR) is 107 cm³/mol. The number of aliphatic carboxylic acids is 1. The van der Waals surface area contributed by atoms with Crippen molar-refractivity contribution in [3.63, 3.8) is 0 Å². The van der Waals surface area contributed by atoms with E-state index in [-0.39, 0.29) is 13.2 Å². The van der Waals surface area contributed by atoms with Gasteiger partial charge in [-0.15, -0.1) is 0 Å². The Morgan fingerprint density at radius 1 is 1.00 bits per heavy atom. The maximum absolute atomic E-state index is 12.5. The van der Waals surface area contributed by atoms with E-state index in [1.54, 1.807) is 48.5 Å². The van der Waals surface area contributed by atoms with E-state index in [0.717, 1.165) is 11.1 Å². The Bertz CT molecular complexity index is 840. The molecule has 2 rings (SSSR count). The van der Waals surface area contributed by atoms with E-state index in [2.05, 4.69) is 10.6 Å². The summed E-state index contributed by atoms with van der Waals surface area (Å²) in [6, 6.07) is 14.6. The fourth-order valence-corrected chi connectivity index (χ4v) is 2.52. The molecular weight excluding hydrogens is 392 g/mol. The number of carboxylic acids is 1. The molecule has 0 aromatic heterocycles. The van der Waals surface area contributed by atoms with E-state index in [0.29, 0.717) is 5.75 Å². The minimum Gasteiger partial charge on any atom is -0.497 e. The van der Waals surface area contributed by atoms with Crippen LogP contribution in [-0.2, 0) is 27.5 Å². The van der Waals surface area contributed by atoms with Gasteiger partial charge in [0.25, 0.3) is 0 Å². The van der Waals surface area contributed by atoms with Crippen LogP contribution in [0.15, 0.2) is 54.6 Å². The number of methoxy groups -OCH3 is 1. The van der Waals surface area contributed by atoms with Crippen LogP contribution in [0.5, 0.6) is 5.75 Å². The zero-order valence-corrected chi connectivity index (χ0v) is 16.4. The molecular formula is C21H24N2O7. The molecule has 30 heavy (non-hydrogen) atoms. The highest BCUT2D eigenvalue weighted by molar-refractivity contribution is 5.86. The highest BCUT2D eigenvalue weighted by Crippen LogP contribution is 2.11. The van der Waals surface area contributed by atoms with Gasteiger partial charge in [0.05, 0.1) is 7.11 Å². The van der Waals surface area contributed by atoms with Crippen LogP contribution in [0, 0.1) is 0 Å². The Hall–Kier alpha value is -3.59. The van der Waals surface area contributed by atoms with E-state index in [4.69, 9.17) is 14.6 Å². The second-order valence-corrected chi connectivity index (χ2v) is 6.41. The zero-order valence-electron chi connectivity index (χ0n) is 16.4. The van der Waals surface area contributed by atoms with Crippen molar-refractivity contribution < 1.29 is 34.1 Å². The Kier molecular flexibility index (Phi) is 8.64. The molecule has 2 amide bonds. The van der Waals surface area contributed by atoms with Crippen LogP contribution in [0.1, 0.15) is 17.5 Å². The average molecular weight is 416 g/mol. The fourth-order valence-electron chi connectivity index (χ4n) is 2.52. The molecule has 2 atom stereocenters. The van der Waals surface area contributed by atoms with Crippen molar-refractivity contribution in [1.29, 1.82) is 0 Å². The van der Waals surface area contributed by atoms with Crippen LogP contribution < -0.4 is 15.4 Å². The number of aliphatic hydroxyl groups excluding tert-OH is 1. The third-order valence-corrected chi connectivity index (χ3v) is 4.19. The van der Waals surface area contributed by atoms with Gasteiger partial charge in [-0.05, 0) is 23.3 Å². The van der Waals surface area contributed by atoms with Gasteiger partial charge in [-0.25, -0.2) is 9.59 Å². The number of nitrogens with one attached hydrogen (secondary N) is 2. The summed E-state index contributed by atoms with van der Waals surface area (Å²) < 4.78 is 10.1. The number of ether oxygens (including phenoxy) is 2. The number of amides is 2. The van der Waals surface area contributed by atoms with Gasteiger partial charge >= 0.3 is 12.1 Å². The largest absolute Gasteiger partial charge is 0.497 e. The predicted octanol–water partition coefficient (Wildman–Crippen LogP) is 1.44. The molecule has 0 aliphatic rings. The van der Waals surface area contributed by atoms with Gasteiger partial charge < -0.3 is 30.3 Å². The summed E-state index contributed by atoms with van der Waals surface area (Å²) in [4.78, 5) is 35.5. The number of hydrogen-bond acceptors (Lipinski definition) is 6. The quantitative estimate of drug-likeness (QED) is 0.460. The van der Waals surface area contributed by atoms with Crippen LogP contribution in [0.3, 0.4) is 0 Å². The molecule has 0 fully saturated rings. The maximum atomic E-state index is 12.5. The average Bonchev–Trinajstić information content (AvgIpc) is 2.76. The van der Waals surface area contributed by atoms with Crippen LogP contribution in [0.4, 0.5) is 4.79 Å². The molecule has 0 heterocycles. The van der Waals surface area contributed by atoms with Crippen LogP contribution in [0.2, 0.25) is 0 Å². The molecule has 2 unspecified atom stereocenters. The van der Waals surface area contributed by atoms with Crippen molar-refractivity contribution in [2.75, 3.05) is 7.11 Å². The minimum absolute atomic E-state index is 0.0195. The molecule has 2 aromatic rings. The molecule has 9 nitrogen and oxygen atoms in total. The number of carbonyl (C=O) groups is 3. The summed E-state index contributed by atoms with van der Waals surface area (Å²) >= 11 is 0. The maximum Gasteiger partial charge on any atom is 0.408 e. The molecule has 0 bridgehead atoms. The molecule has 0 aliphatic heterocycles. The third kappa shape index (κ3) is 7.44. The first kappa shape index (κ1) is 22.7. The van der Waals surface area contributed by atoms with E-state index < -0.39 is 36.5 Å². The fraction of sp³-hybridized carbons (Fsp3) is 0.286. The summed E-state index contributed by atoms with van der Waals surface area (Å²) in [5.74, 6) is -1.49. The normalized spacial score (nSPS) is 12.3. The lowest BCUT2D eigenvalue weighted by atomic mass is 10.1. The van der Waals surface area contributed by atoms with Crippen molar-refractivity contribution in [3.8, 4) is 5.75 Å². The molecule has 0 aliphatic carbocycles. The summed E-state index contributed by atoms with van der Waals surface area (Å²) in [5, 5.41) is 23.5. The highest BCUT2D eigenvalue weighted by Gasteiger charge is 2.27. The Morgan fingerprint density at radius 2 is 1.67 bits per heavy atom. The lowest BCUT2D eigenvalue weighted by Gasteiger charge is -2.19. The Labute approximate surface area is 173 Å². The summed E-state index contributed by atoms with van der Waals surface area (Å²) in [5.41, 5.74) is 1.52. The molecule has 160 valence electrons. The summed E-state index contributed by atoms with van der Waals surface area (Å²) in [6.07, 6.45) is -3.23. The number of hydrogen-bond donors (Lipinski definition) is 4. The Morgan fingerprint density at radius 3 is 2.27 bits per heavy atom. The first-order chi connectivity index (χ1) is 14.4. The number of carbonyl (C=O) groups excluding carboxylic acids is 2. The van der Waals surface area contributed by atoms with E-state index >= 15 is 0 Å². The lowest BCUT2D eigenvalue weighted by molar-refractivity contribution is -0.147. The van der Waals surface area contributed by atoms with E-state index in [1.165, 1.54) is 7.11 Å². The topological polar surface area (TPSA) is 134 Å². The second kappa shape index (κ2) is 11.4. The number of aliphatic hydroxyl groups is 1. The smallest absolute Gasteiger partial charge is 0.408 e. The number of carboxylic acid groups (broad SMARTS) is 1.